The van der Waals surface area contributed by atoms with Crippen molar-refractivity contribution in [2.24, 2.45) is 0 Å². The number of ether oxygens (including phenoxy) is 1. The van der Waals surface area contributed by atoms with Crippen LogP contribution in [-0.4, -0.2) is 33.2 Å². The van der Waals surface area contributed by atoms with Crippen LogP contribution in [0.4, 0.5) is 16.2 Å². The molecule has 0 aliphatic carbocycles. The van der Waals surface area contributed by atoms with Crippen LogP contribution in [0.1, 0.15) is 35.8 Å². The fourth-order valence-corrected chi connectivity index (χ4v) is 3.39. The number of nitro benzene ring substituents is 1. The predicted octanol–water partition coefficient (Wildman–Crippen LogP) is 3.11. The summed E-state index contributed by atoms with van der Waals surface area (Å²) in [6.45, 7) is 0.716. The number of benzene rings is 2. The van der Waals surface area contributed by atoms with Gasteiger partial charge in [-0.3, -0.25) is 20.3 Å². The molecule has 160 valence electrons. The van der Waals surface area contributed by atoms with Crippen molar-refractivity contribution in [1.82, 2.24) is 20.6 Å². The third-order valence-corrected chi connectivity index (χ3v) is 4.89. The number of aromatic nitrogens is 2. The normalized spacial score (nSPS) is 15.9. The molecule has 1 aliphatic rings. The lowest BCUT2D eigenvalue weighted by Crippen LogP contribution is -2.43. The number of nitrogens with zero attached hydrogens (tertiary/aromatic N) is 3. The van der Waals surface area contributed by atoms with Gasteiger partial charge in [0.15, 0.2) is 6.23 Å². The maximum Gasteiger partial charge on any atom is 0.337 e. The highest BCUT2D eigenvalue weighted by molar-refractivity contribution is 5.98. The number of nitrogens with one attached hydrogen (secondary N) is 3. The molecule has 2 aromatic carbocycles. The van der Waals surface area contributed by atoms with Crippen LogP contribution in [0.5, 0.6) is 0 Å². The lowest BCUT2D eigenvalue weighted by Gasteiger charge is -2.23. The zero-order chi connectivity index (χ0) is 21.8. The van der Waals surface area contributed by atoms with Crippen LogP contribution < -0.4 is 16.2 Å². The van der Waals surface area contributed by atoms with E-state index in [0.29, 0.717) is 12.3 Å². The van der Waals surface area contributed by atoms with E-state index in [4.69, 9.17) is 4.74 Å². The van der Waals surface area contributed by atoms with E-state index in [0.717, 1.165) is 36.2 Å². The van der Waals surface area contributed by atoms with Crippen molar-refractivity contribution < 1.29 is 19.2 Å². The number of fused-ring (bicyclic) bond motifs is 1. The molecule has 0 radical (unpaired) electrons. The first kappa shape index (κ1) is 20.3. The average molecular weight is 424 g/mol. The summed E-state index contributed by atoms with van der Waals surface area (Å²) in [7, 11) is 0. The maximum atomic E-state index is 12.1. The van der Waals surface area contributed by atoms with Crippen LogP contribution >= 0.6 is 0 Å². The summed E-state index contributed by atoms with van der Waals surface area (Å²) in [6, 6.07) is 9.87. The minimum atomic E-state index is -0.678. The Hall–Kier alpha value is -3.99. The Morgan fingerprint density at radius 2 is 2.03 bits per heavy atom. The number of carbonyl (C=O) groups is 2. The second kappa shape index (κ2) is 8.79. The monoisotopic (exact) mass is 424 g/mol. The SMILES string of the molecule is O=C(NNC(=O)c1cccc([N+](=O)[O-])c1)Nc1ccc2c(cnn2C2CCCCO2)c1. The van der Waals surface area contributed by atoms with Gasteiger partial charge in [-0.1, -0.05) is 6.07 Å². The Bertz CT molecular complexity index is 1140. The summed E-state index contributed by atoms with van der Waals surface area (Å²) in [5, 5.41) is 18.7. The summed E-state index contributed by atoms with van der Waals surface area (Å²) >= 11 is 0. The molecule has 1 atom stereocenters. The van der Waals surface area contributed by atoms with E-state index in [9.17, 15) is 19.7 Å². The number of urea groups is 1. The number of rotatable bonds is 4. The number of nitro groups is 1. The van der Waals surface area contributed by atoms with Crippen molar-refractivity contribution in [3.8, 4) is 0 Å². The topological polar surface area (TPSA) is 140 Å². The molecule has 4 rings (SSSR count). The molecule has 2 heterocycles. The molecule has 1 aliphatic heterocycles. The second-order valence-electron chi connectivity index (χ2n) is 7.02. The van der Waals surface area contributed by atoms with E-state index in [2.05, 4.69) is 21.3 Å². The number of anilines is 1. The first-order chi connectivity index (χ1) is 15.0. The minimum absolute atomic E-state index is 0.0493. The molecule has 1 aromatic heterocycles. The highest BCUT2D eigenvalue weighted by Gasteiger charge is 2.18. The van der Waals surface area contributed by atoms with Crippen LogP contribution in [0, 0.1) is 10.1 Å². The van der Waals surface area contributed by atoms with Crippen molar-refractivity contribution in [3.63, 3.8) is 0 Å². The Morgan fingerprint density at radius 3 is 2.81 bits per heavy atom. The largest absolute Gasteiger partial charge is 0.356 e. The Balaban J connectivity index is 1.36. The van der Waals surface area contributed by atoms with Gasteiger partial charge in [-0.25, -0.2) is 14.9 Å². The van der Waals surface area contributed by atoms with E-state index >= 15 is 0 Å². The number of non-ortho nitro benzene ring substituents is 1. The Labute approximate surface area is 176 Å². The summed E-state index contributed by atoms with van der Waals surface area (Å²) in [5.74, 6) is -0.678. The molecule has 3 aromatic rings. The standard InChI is InChI=1S/C20H20N6O5/c27-19(13-4-3-5-16(11-13)26(29)30)23-24-20(28)22-15-7-8-17-14(10-15)12-21-25(17)18-6-1-2-9-31-18/h3-5,7-8,10-12,18H,1-2,6,9H2,(H,23,27)(H2,22,24,28). The molecule has 0 spiro atoms. The fourth-order valence-electron chi connectivity index (χ4n) is 3.39. The highest BCUT2D eigenvalue weighted by Crippen LogP contribution is 2.27. The van der Waals surface area contributed by atoms with Crippen molar-refractivity contribution in [2.45, 2.75) is 25.5 Å². The van der Waals surface area contributed by atoms with Crippen LogP contribution in [0.15, 0.2) is 48.7 Å². The third-order valence-electron chi connectivity index (χ3n) is 4.89. The van der Waals surface area contributed by atoms with E-state index in [1.165, 1.54) is 18.2 Å². The number of amides is 3. The van der Waals surface area contributed by atoms with E-state index < -0.39 is 16.9 Å². The van der Waals surface area contributed by atoms with Crippen LogP contribution in [0.2, 0.25) is 0 Å². The first-order valence-corrected chi connectivity index (χ1v) is 9.72. The number of carbonyl (C=O) groups excluding carboxylic acids is 2. The zero-order valence-corrected chi connectivity index (χ0v) is 16.4. The number of hydrazine groups is 1. The van der Waals surface area contributed by atoms with Gasteiger partial charge in [0.05, 0.1) is 16.6 Å². The lowest BCUT2D eigenvalue weighted by atomic mass is 10.2. The summed E-state index contributed by atoms with van der Waals surface area (Å²) < 4.78 is 7.62. The Kier molecular flexibility index (Phi) is 5.76. The molecular formula is C20H20N6O5. The highest BCUT2D eigenvalue weighted by atomic mass is 16.6. The number of hydrogen-bond acceptors (Lipinski definition) is 6. The summed E-state index contributed by atoms with van der Waals surface area (Å²) in [5.41, 5.74) is 5.68. The molecule has 11 heteroatoms. The van der Waals surface area contributed by atoms with Crippen molar-refractivity contribution >= 4 is 34.2 Å². The van der Waals surface area contributed by atoms with E-state index in [-0.39, 0.29) is 17.5 Å². The molecule has 31 heavy (non-hydrogen) atoms. The van der Waals surface area contributed by atoms with Crippen molar-refractivity contribution in [3.05, 3.63) is 64.3 Å². The first-order valence-electron chi connectivity index (χ1n) is 9.72. The van der Waals surface area contributed by atoms with Gasteiger partial charge in [0.25, 0.3) is 11.6 Å². The van der Waals surface area contributed by atoms with Gasteiger partial charge in [0, 0.05) is 35.4 Å². The summed E-state index contributed by atoms with van der Waals surface area (Å²) in [4.78, 5) is 34.4. The molecule has 1 saturated heterocycles. The fraction of sp³-hybridized carbons (Fsp3) is 0.250. The molecule has 3 N–H and O–H groups in total. The molecule has 0 saturated carbocycles. The average Bonchev–Trinajstić information content (AvgIpc) is 3.21. The van der Waals surface area contributed by atoms with Crippen LogP contribution in [-0.2, 0) is 4.74 Å². The van der Waals surface area contributed by atoms with Crippen LogP contribution in [0.25, 0.3) is 10.9 Å². The van der Waals surface area contributed by atoms with Crippen molar-refractivity contribution in [2.75, 3.05) is 11.9 Å². The van der Waals surface area contributed by atoms with Gasteiger partial charge >= 0.3 is 6.03 Å². The smallest absolute Gasteiger partial charge is 0.337 e. The molecule has 1 unspecified atom stereocenters. The molecular weight excluding hydrogens is 404 g/mol. The van der Waals surface area contributed by atoms with Gasteiger partial charge < -0.3 is 10.1 Å². The minimum Gasteiger partial charge on any atom is -0.356 e. The van der Waals surface area contributed by atoms with Gasteiger partial charge in [0.2, 0.25) is 0 Å². The van der Waals surface area contributed by atoms with Crippen molar-refractivity contribution in [1.29, 1.82) is 0 Å². The number of hydrogen-bond donors (Lipinski definition) is 3. The van der Waals surface area contributed by atoms with Gasteiger partial charge in [-0.15, -0.1) is 0 Å². The molecule has 1 fully saturated rings. The zero-order valence-electron chi connectivity index (χ0n) is 16.4. The quantitative estimate of drug-likeness (QED) is 0.434. The molecule has 3 amide bonds. The van der Waals surface area contributed by atoms with Gasteiger partial charge in [-0.2, -0.15) is 5.10 Å². The summed E-state index contributed by atoms with van der Waals surface area (Å²) in [6.07, 6.45) is 4.67. The molecule has 0 bridgehead atoms. The third kappa shape index (κ3) is 4.61. The van der Waals surface area contributed by atoms with Crippen LogP contribution in [0.3, 0.4) is 0 Å². The lowest BCUT2D eigenvalue weighted by molar-refractivity contribution is -0.384. The predicted molar refractivity (Wildman–Crippen MR) is 111 cm³/mol. The van der Waals surface area contributed by atoms with E-state index in [1.54, 1.807) is 18.3 Å². The maximum absolute atomic E-state index is 12.1. The Morgan fingerprint density at radius 1 is 1.16 bits per heavy atom. The van der Waals surface area contributed by atoms with Gasteiger partial charge in [-0.05, 0) is 43.5 Å². The van der Waals surface area contributed by atoms with E-state index in [1.807, 2.05) is 10.7 Å². The van der Waals surface area contributed by atoms with Gasteiger partial charge in [0.1, 0.15) is 0 Å². The molecule has 11 nitrogen and oxygen atoms in total. The second-order valence-corrected chi connectivity index (χ2v) is 7.02.